The molecule has 0 aliphatic heterocycles. The summed E-state index contributed by atoms with van der Waals surface area (Å²) in [5.41, 5.74) is -0.692. The van der Waals surface area contributed by atoms with Crippen LogP contribution in [-0.2, 0) is 5.60 Å². The normalized spacial score (nSPS) is 14.2. The van der Waals surface area contributed by atoms with Crippen molar-refractivity contribution in [3.05, 3.63) is 45.4 Å². The minimum atomic E-state index is -1.07. The predicted molar refractivity (Wildman–Crippen MR) is 72.0 cm³/mol. The molecule has 2 rings (SSSR count). The highest BCUT2D eigenvalue weighted by atomic mass is 35.5. The smallest absolute Gasteiger partial charge is 0.267 e. The van der Waals surface area contributed by atoms with E-state index in [-0.39, 0.29) is 12.5 Å². The van der Waals surface area contributed by atoms with Crippen LogP contribution in [0.15, 0.2) is 29.8 Å². The zero-order valence-electron chi connectivity index (χ0n) is 9.74. The van der Waals surface area contributed by atoms with Gasteiger partial charge in [0.1, 0.15) is 11.3 Å². The van der Waals surface area contributed by atoms with Crippen LogP contribution < -0.4 is 5.32 Å². The molecule has 2 aromatic rings. The lowest BCUT2D eigenvalue weighted by Gasteiger charge is -2.22. The number of aromatic amines is 1. The topological polar surface area (TPSA) is 65.1 Å². The maximum atomic E-state index is 11.8. The Labute approximate surface area is 114 Å². The first-order valence-corrected chi connectivity index (χ1v) is 6.63. The number of H-pyrrole nitrogens is 1. The SMILES string of the molecule is CC(O)(CNC(=O)c1cc(Cl)c[nH]1)c1cccs1. The number of carbonyl (C=O) groups excluding carboxylic acids is 1. The van der Waals surface area contributed by atoms with Gasteiger partial charge >= 0.3 is 0 Å². The predicted octanol–water partition coefficient (Wildman–Crippen LogP) is 2.37. The van der Waals surface area contributed by atoms with Gasteiger partial charge in [0.25, 0.3) is 5.91 Å². The second-order valence-electron chi connectivity index (χ2n) is 4.17. The van der Waals surface area contributed by atoms with E-state index >= 15 is 0 Å². The highest BCUT2D eigenvalue weighted by Gasteiger charge is 2.25. The van der Waals surface area contributed by atoms with Crippen molar-refractivity contribution in [2.24, 2.45) is 0 Å². The van der Waals surface area contributed by atoms with Crippen molar-refractivity contribution >= 4 is 28.8 Å². The van der Waals surface area contributed by atoms with Crippen molar-refractivity contribution in [3.63, 3.8) is 0 Å². The Morgan fingerprint density at radius 1 is 1.67 bits per heavy atom. The first-order chi connectivity index (χ1) is 8.49. The average molecular weight is 285 g/mol. The first kappa shape index (κ1) is 13.1. The number of aliphatic hydroxyl groups is 1. The Bertz CT molecular complexity index is 534. The number of thiophene rings is 1. The van der Waals surface area contributed by atoms with Gasteiger partial charge in [-0.15, -0.1) is 11.3 Å². The van der Waals surface area contributed by atoms with Gasteiger partial charge in [-0.1, -0.05) is 17.7 Å². The molecule has 0 bridgehead atoms. The highest BCUT2D eigenvalue weighted by Crippen LogP contribution is 2.24. The van der Waals surface area contributed by atoms with Crippen LogP contribution in [0.4, 0.5) is 0 Å². The third kappa shape index (κ3) is 2.93. The molecular weight excluding hydrogens is 272 g/mol. The van der Waals surface area contributed by atoms with Crippen LogP contribution in [0.25, 0.3) is 0 Å². The molecule has 0 aliphatic rings. The summed E-state index contributed by atoms with van der Waals surface area (Å²) in [6.07, 6.45) is 1.54. The van der Waals surface area contributed by atoms with Gasteiger partial charge in [-0.25, -0.2) is 0 Å². The van der Waals surface area contributed by atoms with E-state index in [1.54, 1.807) is 6.92 Å². The Hall–Kier alpha value is -1.30. The summed E-state index contributed by atoms with van der Waals surface area (Å²) < 4.78 is 0. The highest BCUT2D eigenvalue weighted by molar-refractivity contribution is 7.10. The van der Waals surface area contributed by atoms with E-state index in [0.29, 0.717) is 10.7 Å². The van der Waals surface area contributed by atoms with Crippen molar-refractivity contribution in [1.29, 1.82) is 0 Å². The van der Waals surface area contributed by atoms with Crippen LogP contribution >= 0.6 is 22.9 Å². The molecular formula is C12H13ClN2O2S. The number of amides is 1. The molecule has 0 aromatic carbocycles. The molecule has 4 nitrogen and oxygen atoms in total. The molecule has 0 saturated heterocycles. The average Bonchev–Trinajstić information content (AvgIpc) is 2.96. The third-order valence-electron chi connectivity index (χ3n) is 2.54. The number of halogens is 1. The van der Waals surface area contributed by atoms with Gasteiger partial charge < -0.3 is 15.4 Å². The van der Waals surface area contributed by atoms with Gasteiger partial charge in [-0.05, 0) is 24.4 Å². The minimum Gasteiger partial charge on any atom is -0.383 e. The lowest BCUT2D eigenvalue weighted by Crippen LogP contribution is -2.38. The van der Waals surface area contributed by atoms with Crippen LogP contribution in [0.3, 0.4) is 0 Å². The van der Waals surface area contributed by atoms with E-state index in [2.05, 4.69) is 10.3 Å². The largest absolute Gasteiger partial charge is 0.383 e. The Balaban J connectivity index is 1.98. The summed E-state index contributed by atoms with van der Waals surface area (Å²) >= 11 is 7.17. The molecule has 3 N–H and O–H groups in total. The second-order valence-corrected chi connectivity index (χ2v) is 5.55. The van der Waals surface area contributed by atoms with E-state index in [0.717, 1.165) is 4.88 Å². The fourth-order valence-electron chi connectivity index (χ4n) is 1.52. The van der Waals surface area contributed by atoms with Gasteiger partial charge in [0.2, 0.25) is 0 Å². The maximum Gasteiger partial charge on any atom is 0.267 e. The summed E-state index contributed by atoms with van der Waals surface area (Å²) in [6, 6.07) is 5.24. The quantitative estimate of drug-likeness (QED) is 0.807. The fourth-order valence-corrected chi connectivity index (χ4v) is 2.47. The Kier molecular flexibility index (Phi) is 3.75. The molecule has 1 unspecified atom stereocenters. The van der Waals surface area contributed by atoms with Crippen molar-refractivity contribution in [3.8, 4) is 0 Å². The molecule has 2 heterocycles. The van der Waals surface area contributed by atoms with Crippen molar-refractivity contribution < 1.29 is 9.90 Å². The van der Waals surface area contributed by atoms with Gasteiger partial charge in [0.05, 0.1) is 11.6 Å². The summed E-state index contributed by atoms with van der Waals surface area (Å²) in [7, 11) is 0. The second kappa shape index (κ2) is 5.14. The molecule has 1 atom stereocenters. The molecule has 18 heavy (non-hydrogen) atoms. The summed E-state index contributed by atoms with van der Waals surface area (Å²) in [5, 5.41) is 15.3. The Morgan fingerprint density at radius 3 is 3.00 bits per heavy atom. The van der Waals surface area contributed by atoms with Crippen molar-refractivity contribution in [2.75, 3.05) is 6.54 Å². The molecule has 96 valence electrons. The molecule has 0 spiro atoms. The van der Waals surface area contributed by atoms with Gasteiger partial charge in [-0.2, -0.15) is 0 Å². The van der Waals surface area contributed by atoms with Gasteiger partial charge in [-0.3, -0.25) is 4.79 Å². The summed E-state index contributed by atoms with van der Waals surface area (Å²) in [6.45, 7) is 1.81. The maximum absolute atomic E-state index is 11.8. The van der Waals surface area contributed by atoms with E-state index in [4.69, 9.17) is 11.6 Å². The summed E-state index contributed by atoms with van der Waals surface area (Å²) in [5.74, 6) is -0.293. The van der Waals surface area contributed by atoms with E-state index in [9.17, 15) is 9.90 Å². The van der Waals surface area contributed by atoms with Crippen LogP contribution in [0, 0.1) is 0 Å². The van der Waals surface area contributed by atoms with Crippen molar-refractivity contribution in [1.82, 2.24) is 10.3 Å². The molecule has 0 saturated carbocycles. The van der Waals surface area contributed by atoms with E-state index < -0.39 is 5.60 Å². The number of aromatic nitrogens is 1. The van der Waals surface area contributed by atoms with E-state index in [1.807, 2.05) is 17.5 Å². The number of nitrogens with one attached hydrogen (secondary N) is 2. The zero-order chi connectivity index (χ0) is 13.2. The molecule has 0 radical (unpaired) electrons. The lowest BCUT2D eigenvalue weighted by atomic mass is 10.1. The van der Waals surface area contributed by atoms with Gasteiger partial charge in [0, 0.05) is 11.1 Å². The van der Waals surface area contributed by atoms with Crippen LogP contribution in [0.1, 0.15) is 22.3 Å². The van der Waals surface area contributed by atoms with Crippen LogP contribution in [0.5, 0.6) is 0 Å². The third-order valence-corrected chi connectivity index (χ3v) is 3.88. The van der Waals surface area contributed by atoms with Crippen LogP contribution in [-0.4, -0.2) is 22.5 Å². The monoisotopic (exact) mass is 284 g/mol. The zero-order valence-corrected chi connectivity index (χ0v) is 11.3. The van der Waals surface area contributed by atoms with Crippen LogP contribution in [0.2, 0.25) is 5.02 Å². The van der Waals surface area contributed by atoms with Crippen molar-refractivity contribution in [2.45, 2.75) is 12.5 Å². The fraction of sp³-hybridized carbons (Fsp3) is 0.250. The number of hydrogen-bond acceptors (Lipinski definition) is 3. The number of hydrogen-bond donors (Lipinski definition) is 3. The van der Waals surface area contributed by atoms with Gasteiger partial charge in [0.15, 0.2) is 0 Å². The minimum absolute atomic E-state index is 0.142. The Morgan fingerprint density at radius 2 is 2.44 bits per heavy atom. The number of rotatable bonds is 4. The molecule has 2 aromatic heterocycles. The molecule has 1 amide bonds. The molecule has 6 heteroatoms. The van der Waals surface area contributed by atoms with E-state index in [1.165, 1.54) is 23.6 Å². The molecule has 0 aliphatic carbocycles. The summed E-state index contributed by atoms with van der Waals surface area (Å²) in [4.78, 5) is 15.3. The standard InChI is InChI=1S/C12H13ClN2O2S/c1-12(17,10-3-2-4-18-10)7-15-11(16)9-5-8(13)6-14-9/h2-6,14,17H,7H2,1H3,(H,15,16). The number of carbonyl (C=O) groups is 1. The first-order valence-electron chi connectivity index (χ1n) is 5.37. The molecule has 0 fully saturated rings. The lowest BCUT2D eigenvalue weighted by molar-refractivity contribution is 0.0555.